The van der Waals surface area contributed by atoms with E-state index >= 15 is 0 Å². The number of rotatable bonds is 3. The number of benzene rings is 1. The Kier molecular flexibility index (Phi) is 4.89. The van der Waals surface area contributed by atoms with E-state index in [0.29, 0.717) is 11.7 Å². The highest BCUT2D eigenvalue weighted by molar-refractivity contribution is 5.96. The monoisotopic (exact) mass is 263 g/mol. The largest absolute Gasteiger partial charge is 0.324 e. The number of hydrogen-bond acceptors (Lipinski definition) is 2. The van der Waals surface area contributed by atoms with Crippen LogP contribution in [0.2, 0.25) is 0 Å². The standard InChI is InChI=1S/C14H18FN3O/c15-11-5-4-8-13(9-11)18-14(19)17-10-16-12-6-2-1-3-7-12/h4-5,8-10,12H,1-3,6-7H2,(H2,16,17,18,19). The zero-order valence-corrected chi connectivity index (χ0v) is 10.7. The summed E-state index contributed by atoms with van der Waals surface area (Å²) in [7, 11) is 0. The number of aliphatic imine (C=N–C) groups is 1. The van der Waals surface area contributed by atoms with Crippen LogP contribution in [0.25, 0.3) is 0 Å². The van der Waals surface area contributed by atoms with Gasteiger partial charge in [0.15, 0.2) is 0 Å². The number of urea groups is 1. The van der Waals surface area contributed by atoms with Crippen LogP contribution >= 0.6 is 0 Å². The van der Waals surface area contributed by atoms with Gasteiger partial charge in [0.05, 0.1) is 12.4 Å². The predicted octanol–water partition coefficient (Wildman–Crippen LogP) is 3.31. The molecule has 1 fully saturated rings. The third-order valence-corrected chi connectivity index (χ3v) is 3.14. The summed E-state index contributed by atoms with van der Waals surface area (Å²) in [6, 6.07) is 5.67. The molecule has 2 amide bonds. The fourth-order valence-corrected chi connectivity index (χ4v) is 2.16. The van der Waals surface area contributed by atoms with Gasteiger partial charge in [0.2, 0.25) is 0 Å². The van der Waals surface area contributed by atoms with E-state index < -0.39 is 6.03 Å². The fourth-order valence-electron chi connectivity index (χ4n) is 2.16. The highest BCUT2D eigenvalue weighted by atomic mass is 19.1. The van der Waals surface area contributed by atoms with Gasteiger partial charge in [-0.2, -0.15) is 0 Å². The van der Waals surface area contributed by atoms with Crippen molar-refractivity contribution in [3.8, 4) is 0 Å². The molecule has 102 valence electrons. The number of carbonyl (C=O) groups excluding carboxylic acids is 1. The summed E-state index contributed by atoms with van der Waals surface area (Å²) in [4.78, 5) is 15.8. The molecule has 5 heteroatoms. The van der Waals surface area contributed by atoms with Gasteiger partial charge >= 0.3 is 6.03 Å². The molecule has 0 atom stereocenters. The van der Waals surface area contributed by atoms with Gasteiger partial charge in [-0.1, -0.05) is 25.3 Å². The van der Waals surface area contributed by atoms with Gasteiger partial charge in [-0.3, -0.25) is 10.3 Å². The maximum Gasteiger partial charge on any atom is 0.324 e. The highest BCUT2D eigenvalue weighted by Gasteiger charge is 2.10. The van der Waals surface area contributed by atoms with Crippen LogP contribution in [0.3, 0.4) is 0 Å². The van der Waals surface area contributed by atoms with Crippen LogP contribution < -0.4 is 10.6 Å². The lowest BCUT2D eigenvalue weighted by molar-refractivity contribution is 0.256. The molecule has 0 aromatic heterocycles. The first kappa shape index (κ1) is 13.5. The molecule has 1 saturated carbocycles. The molecule has 0 spiro atoms. The van der Waals surface area contributed by atoms with Crippen LogP contribution in [0.5, 0.6) is 0 Å². The Bertz CT molecular complexity index is 456. The van der Waals surface area contributed by atoms with Crippen molar-refractivity contribution in [2.24, 2.45) is 4.99 Å². The van der Waals surface area contributed by atoms with E-state index in [0.717, 1.165) is 12.8 Å². The highest BCUT2D eigenvalue weighted by Crippen LogP contribution is 2.19. The van der Waals surface area contributed by atoms with Crippen LogP contribution in [0.1, 0.15) is 32.1 Å². The van der Waals surface area contributed by atoms with Crippen molar-refractivity contribution >= 4 is 18.1 Å². The summed E-state index contributed by atoms with van der Waals surface area (Å²) in [6.07, 6.45) is 7.30. The Morgan fingerprint density at radius 1 is 1.32 bits per heavy atom. The topological polar surface area (TPSA) is 53.5 Å². The van der Waals surface area contributed by atoms with E-state index in [1.807, 2.05) is 0 Å². The van der Waals surface area contributed by atoms with E-state index in [4.69, 9.17) is 0 Å². The number of nitrogens with one attached hydrogen (secondary N) is 2. The molecule has 1 aliphatic rings. The van der Waals surface area contributed by atoms with Crippen molar-refractivity contribution in [3.05, 3.63) is 30.1 Å². The van der Waals surface area contributed by atoms with Gasteiger partial charge in [-0.25, -0.2) is 9.18 Å². The molecule has 0 radical (unpaired) electrons. The molecular weight excluding hydrogens is 245 g/mol. The van der Waals surface area contributed by atoms with E-state index in [9.17, 15) is 9.18 Å². The van der Waals surface area contributed by atoms with Crippen molar-refractivity contribution in [2.75, 3.05) is 5.32 Å². The van der Waals surface area contributed by atoms with Crippen molar-refractivity contribution in [1.82, 2.24) is 5.32 Å². The zero-order chi connectivity index (χ0) is 13.5. The number of amides is 2. The molecular formula is C14H18FN3O. The van der Waals surface area contributed by atoms with Crippen LogP contribution in [-0.2, 0) is 0 Å². The molecule has 0 bridgehead atoms. The molecule has 4 nitrogen and oxygen atoms in total. The minimum atomic E-state index is -0.412. The summed E-state index contributed by atoms with van der Waals surface area (Å²) in [5.74, 6) is -0.381. The van der Waals surface area contributed by atoms with Crippen molar-refractivity contribution < 1.29 is 9.18 Å². The smallest absolute Gasteiger partial charge is 0.308 e. The Morgan fingerprint density at radius 2 is 2.11 bits per heavy atom. The number of carbonyl (C=O) groups is 1. The van der Waals surface area contributed by atoms with Gasteiger partial charge < -0.3 is 5.32 Å². The first-order valence-corrected chi connectivity index (χ1v) is 6.59. The lowest BCUT2D eigenvalue weighted by Gasteiger charge is -2.16. The van der Waals surface area contributed by atoms with Crippen molar-refractivity contribution in [3.63, 3.8) is 0 Å². The first-order chi connectivity index (χ1) is 9.24. The lowest BCUT2D eigenvalue weighted by Crippen LogP contribution is -2.28. The molecule has 2 N–H and O–H groups in total. The maximum absolute atomic E-state index is 12.9. The first-order valence-electron chi connectivity index (χ1n) is 6.59. The SMILES string of the molecule is O=C(NC=NC1CCCCC1)Nc1cccc(F)c1. The van der Waals surface area contributed by atoms with Crippen LogP contribution in [0.4, 0.5) is 14.9 Å². The molecule has 0 heterocycles. The summed E-state index contributed by atoms with van der Waals surface area (Å²) < 4.78 is 12.9. The Morgan fingerprint density at radius 3 is 2.84 bits per heavy atom. The van der Waals surface area contributed by atoms with Gasteiger partial charge in [0.25, 0.3) is 0 Å². The molecule has 19 heavy (non-hydrogen) atoms. The summed E-state index contributed by atoms with van der Waals surface area (Å²) >= 11 is 0. The Labute approximate surface area is 112 Å². The second-order valence-electron chi connectivity index (χ2n) is 4.68. The Balaban J connectivity index is 1.76. The number of halogens is 1. The molecule has 1 aliphatic carbocycles. The predicted molar refractivity (Wildman–Crippen MR) is 73.9 cm³/mol. The van der Waals surface area contributed by atoms with Gasteiger partial charge in [-0.15, -0.1) is 0 Å². The summed E-state index contributed by atoms with van der Waals surface area (Å²) in [5.41, 5.74) is 0.420. The molecule has 0 saturated heterocycles. The number of anilines is 1. The number of nitrogens with zero attached hydrogens (tertiary/aromatic N) is 1. The fraction of sp³-hybridized carbons (Fsp3) is 0.429. The number of hydrogen-bond donors (Lipinski definition) is 2. The van der Waals surface area contributed by atoms with Gasteiger partial charge in [0, 0.05) is 5.69 Å². The lowest BCUT2D eigenvalue weighted by atomic mass is 9.96. The van der Waals surface area contributed by atoms with Crippen molar-refractivity contribution in [2.45, 2.75) is 38.1 Å². The molecule has 1 aromatic rings. The van der Waals surface area contributed by atoms with E-state index in [-0.39, 0.29) is 5.82 Å². The normalized spacial score (nSPS) is 16.5. The van der Waals surface area contributed by atoms with E-state index in [1.165, 1.54) is 37.7 Å². The van der Waals surface area contributed by atoms with E-state index in [2.05, 4.69) is 15.6 Å². The van der Waals surface area contributed by atoms with Crippen LogP contribution in [-0.4, -0.2) is 18.4 Å². The molecule has 2 rings (SSSR count). The quantitative estimate of drug-likeness (QED) is 0.638. The molecule has 1 aromatic carbocycles. The van der Waals surface area contributed by atoms with Gasteiger partial charge in [0.1, 0.15) is 5.82 Å². The molecule has 0 aliphatic heterocycles. The minimum absolute atomic E-state index is 0.322. The maximum atomic E-state index is 12.9. The second kappa shape index (κ2) is 6.87. The van der Waals surface area contributed by atoms with E-state index in [1.54, 1.807) is 12.1 Å². The van der Waals surface area contributed by atoms with Crippen LogP contribution in [0.15, 0.2) is 29.3 Å². The van der Waals surface area contributed by atoms with Crippen molar-refractivity contribution in [1.29, 1.82) is 0 Å². The van der Waals surface area contributed by atoms with Gasteiger partial charge in [-0.05, 0) is 31.0 Å². The average Bonchev–Trinajstić information content (AvgIpc) is 2.40. The average molecular weight is 263 g/mol. The third-order valence-electron chi connectivity index (χ3n) is 3.14. The minimum Gasteiger partial charge on any atom is -0.308 e. The third kappa shape index (κ3) is 4.69. The second-order valence-corrected chi connectivity index (χ2v) is 4.68. The zero-order valence-electron chi connectivity index (χ0n) is 10.7. The summed E-state index contributed by atoms with van der Waals surface area (Å²) in [6.45, 7) is 0. The molecule has 0 unspecified atom stereocenters. The van der Waals surface area contributed by atoms with Crippen LogP contribution in [0, 0.1) is 5.82 Å². The summed E-state index contributed by atoms with van der Waals surface area (Å²) in [5, 5.41) is 5.07. The Hall–Kier alpha value is -1.91.